The van der Waals surface area contributed by atoms with E-state index in [4.69, 9.17) is 4.74 Å². The fourth-order valence-corrected chi connectivity index (χ4v) is 5.03. The van der Waals surface area contributed by atoms with Gasteiger partial charge in [-0.15, -0.1) is 11.3 Å². The number of rotatable bonds is 5. The standard InChI is InChI=1S/C22H31N5OS/c1-23-22(24-8-10-25-9-6-21-18(17-25)7-15-29-21)27-13-11-26(12-14-27)19-4-3-5-20(16-19)28-2/h3-5,7,15-16H,6,8-14,17H2,1-2H3,(H,23,24). The number of fused-ring (bicyclic) bond motifs is 1. The molecule has 3 heterocycles. The van der Waals surface area contributed by atoms with Crippen LogP contribution in [-0.2, 0) is 13.0 Å². The van der Waals surface area contributed by atoms with Gasteiger partial charge in [0.2, 0.25) is 0 Å². The highest BCUT2D eigenvalue weighted by Gasteiger charge is 2.21. The third-order valence-electron chi connectivity index (χ3n) is 5.81. The lowest BCUT2D eigenvalue weighted by molar-refractivity contribution is 0.258. The van der Waals surface area contributed by atoms with Gasteiger partial charge in [0.15, 0.2) is 5.96 Å². The van der Waals surface area contributed by atoms with E-state index in [0.29, 0.717) is 0 Å². The molecule has 1 saturated heterocycles. The third kappa shape index (κ3) is 4.85. The van der Waals surface area contributed by atoms with Gasteiger partial charge in [-0.1, -0.05) is 6.07 Å². The van der Waals surface area contributed by atoms with Crippen LogP contribution in [0.1, 0.15) is 10.4 Å². The Hall–Kier alpha value is -2.25. The van der Waals surface area contributed by atoms with Crippen molar-refractivity contribution in [3.63, 3.8) is 0 Å². The van der Waals surface area contributed by atoms with Gasteiger partial charge in [0.1, 0.15) is 5.75 Å². The zero-order valence-electron chi connectivity index (χ0n) is 17.4. The Bertz CT molecular complexity index is 828. The second kappa shape index (κ2) is 9.50. The lowest BCUT2D eigenvalue weighted by atomic mass is 10.1. The molecule has 0 unspecified atom stereocenters. The van der Waals surface area contributed by atoms with E-state index in [1.54, 1.807) is 12.0 Å². The smallest absolute Gasteiger partial charge is 0.193 e. The van der Waals surface area contributed by atoms with Gasteiger partial charge in [-0.2, -0.15) is 0 Å². The molecule has 0 atom stereocenters. The van der Waals surface area contributed by atoms with Crippen LogP contribution in [0.15, 0.2) is 40.7 Å². The van der Waals surface area contributed by atoms with Gasteiger partial charge in [0, 0.05) is 76.0 Å². The van der Waals surface area contributed by atoms with Crippen molar-refractivity contribution < 1.29 is 4.74 Å². The lowest BCUT2D eigenvalue weighted by Gasteiger charge is -2.38. The highest BCUT2D eigenvalue weighted by Crippen LogP contribution is 2.24. The number of hydrogen-bond donors (Lipinski definition) is 1. The molecule has 2 aliphatic rings. The first kappa shape index (κ1) is 20.0. The van der Waals surface area contributed by atoms with Crippen molar-refractivity contribution in [3.8, 4) is 5.75 Å². The molecule has 1 fully saturated rings. The highest BCUT2D eigenvalue weighted by molar-refractivity contribution is 7.10. The summed E-state index contributed by atoms with van der Waals surface area (Å²) in [5.41, 5.74) is 2.74. The van der Waals surface area contributed by atoms with E-state index < -0.39 is 0 Å². The second-order valence-corrected chi connectivity index (χ2v) is 8.55. The van der Waals surface area contributed by atoms with Crippen molar-refractivity contribution in [1.29, 1.82) is 0 Å². The van der Waals surface area contributed by atoms with Crippen LogP contribution in [0.5, 0.6) is 5.75 Å². The van der Waals surface area contributed by atoms with Crippen LogP contribution in [0.4, 0.5) is 5.69 Å². The van der Waals surface area contributed by atoms with Gasteiger partial charge in [-0.05, 0) is 35.6 Å². The van der Waals surface area contributed by atoms with Crippen LogP contribution in [0.2, 0.25) is 0 Å². The summed E-state index contributed by atoms with van der Waals surface area (Å²) < 4.78 is 5.36. The first-order valence-corrected chi connectivity index (χ1v) is 11.3. The molecule has 2 aliphatic heterocycles. The van der Waals surface area contributed by atoms with E-state index in [0.717, 1.165) is 64.1 Å². The average molecular weight is 414 g/mol. The summed E-state index contributed by atoms with van der Waals surface area (Å²) >= 11 is 1.90. The quantitative estimate of drug-likeness (QED) is 0.603. The summed E-state index contributed by atoms with van der Waals surface area (Å²) in [5.74, 6) is 1.93. The SMILES string of the molecule is CN=C(NCCN1CCc2sccc2C1)N1CCN(c2cccc(OC)c2)CC1. The Morgan fingerprint density at radius 2 is 2.03 bits per heavy atom. The maximum absolute atomic E-state index is 5.36. The summed E-state index contributed by atoms with van der Waals surface area (Å²) in [6.45, 7) is 8.14. The van der Waals surface area contributed by atoms with Gasteiger partial charge < -0.3 is 19.9 Å². The molecule has 0 saturated carbocycles. The summed E-state index contributed by atoms with van der Waals surface area (Å²) in [6, 6.07) is 10.6. The highest BCUT2D eigenvalue weighted by atomic mass is 32.1. The summed E-state index contributed by atoms with van der Waals surface area (Å²) in [6.07, 6.45) is 1.19. The Balaban J connectivity index is 1.23. The number of aliphatic imine (C=N–C) groups is 1. The van der Waals surface area contributed by atoms with Crippen LogP contribution < -0.4 is 15.0 Å². The van der Waals surface area contributed by atoms with E-state index in [1.807, 2.05) is 24.5 Å². The van der Waals surface area contributed by atoms with E-state index in [2.05, 4.69) is 54.7 Å². The number of hydrogen-bond acceptors (Lipinski definition) is 5. The van der Waals surface area contributed by atoms with Crippen LogP contribution in [0.25, 0.3) is 0 Å². The number of piperazine rings is 1. The van der Waals surface area contributed by atoms with Crippen molar-refractivity contribution in [2.24, 2.45) is 4.99 Å². The number of benzene rings is 1. The molecule has 0 spiro atoms. The first-order chi connectivity index (χ1) is 14.3. The Kier molecular flexibility index (Phi) is 6.56. The maximum Gasteiger partial charge on any atom is 0.193 e. The summed E-state index contributed by atoms with van der Waals surface area (Å²) in [5, 5.41) is 5.80. The van der Waals surface area contributed by atoms with Gasteiger partial charge >= 0.3 is 0 Å². The molecule has 4 rings (SSSR count). The van der Waals surface area contributed by atoms with Crippen molar-refractivity contribution >= 4 is 23.0 Å². The number of guanidine groups is 1. The maximum atomic E-state index is 5.36. The fraction of sp³-hybridized carbons (Fsp3) is 0.500. The Morgan fingerprint density at radius 3 is 2.83 bits per heavy atom. The predicted octanol–water partition coefficient (Wildman–Crippen LogP) is 2.51. The van der Waals surface area contributed by atoms with Crippen molar-refractivity contribution in [2.45, 2.75) is 13.0 Å². The van der Waals surface area contributed by atoms with Gasteiger partial charge in [0.25, 0.3) is 0 Å². The van der Waals surface area contributed by atoms with Crippen molar-refractivity contribution in [3.05, 3.63) is 46.2 Å². The molecule has 1 N–H and O–H groups in total. The minimum Gasteiger partial charge on any atom is -0.497 e. The number of anilines is 1. The third-order valence-corrected chi connectivity index (χ3v) is 6.83. The molecule has 1 aromatic carbocycles. The van der Waals surface area contributed by atoms with Crippen LogP contribution in [0.3, 0.4) is 0 Å². The molecule has 6 nitrogen and oxygen atoms in total. The molecule has 1 aromatic heterocycles. The Labute approximate surface area is 177 Å². The molecule has 0 amide bonds. The molecule has 0 radical (unpaired) electrons. The first-order valence-electron chi connectivity index (χ1n) is 10.4. The fourth-order valence-electron chi connectivity index (χ4n) is 4.14. The molecular formula is C22H31N5OS. The molecular weight excluding hydrogens is 382 g/mol. The second-order valence-electron chi connectivity index (χ2n) is 7.54. The molecule has 0 bridgehead atoms. The molecule has 2 aromatic rings. The number of ether oxygens (including phenoxy) is 1. The van der Waals surface area contributed by atoms with E-state index in [-0.39, 0.29) is 0 Å². The van der Waals surface area contributed by atoms with Gasteiger partial charge in [-0.3, -0.25) is 9.89 Å². The van der Waals surface area contributed by atoms with E-state index >= 15 is 0 Å². The number of nitrogens with one attached hydrogen (secondary N) is 1. The monoisotopic (exact) mass is 413 g/mol. The van der Waals surface area contributed by atoms with Crippen LogP contribution >= 0.6 is 11.3 Å². The average Bonchev–Trinajstić information content (AvgIpc) is 3.25. The Morgan fingerprint density at radius 1 is 1.17 bits per heavy atom. The minimum atomic E-state index is 0.912. The van der Waals surface area contributed by atoms with Crippen molar-refractivity contribution in [2.75, 3.05) is 64.9 Å². The number of thiophene rings is 1. The molecule has 0 aliphatic carbocycles. The topological polar surface area (TPSA) is 43.3 Å². The lowest BCUT2D eigenvalue weighted by Crippen LogP contribution is -2.53. The summed E-state index contributed by atoms with van der Waals surface area (Å²) in [4.78, 5) is 13.4. The van der Waals surface area contributed by atoms with E-state index in [1.165, 1.54) is 17.7 Å². The minimum absolute atomic E-state index is 0.912. The van der Waals surface area contributed by atoms with Gasteiger partial charge in [0.05, 0.1) is 7.11 Å². The normalized spacial score (nSPS) is 17.9. The number of methoxy groups -OCH3 is 1. The zero-order valence-corrected chi connectivity index (χ0v) is 18.2. The van der Waals surface area contributed by atoms with Gasteiger partial charge in [-0.25, -0.2) is 0 Å². The van der Waals surface area contributed by atoms with E-state index in [9.17, 15) is 0 Å². The molecule has 156 valence electrons. The number of nitrogens with zero attached hydrogens (tertiary/aromatic N) is 4. The zero-order chi connectivity index (χ0) is 20.1. The predicted molar refractivity (Wildman–Crippen MR) is 121 cm³/mol. The largest absolute Gasteiger partial charge is 0.497 e. The summed E-state index contributed by atoms with van der Waals surface area (Å²) in [7, 11) is 3.60. The van der Waals surface area contributed by atoms with Crippen LogP contribution in [0, 0.1) is 0 Å². The molecule has 7 heteroatoms. The van der Waals surface area contributed by atoms with Crippen LogP contribution in [-0.4, -0.2) is 75.7 Å². The molecule has 29 heavy (non-hydrogen) atoms. The van der Waals surface area contributed by atoms with Crippen molar-refractivity contribution in [1.82, 2.24) is 15.1 Å².